The molecule has 0 atom stereocenters. The number of rotatable bonds is 6. The molecule has 1 aliphatic carbocycles. The molecule has 4 rings (SSSR count). The molecular weight excluding hydrogens is 340 g/mol. The Morgan fingerprint density at radius 1 is 1.15 bits per heavy atom. The molecule has 0 aliphatic heterocycles. The van der Waals surface area contributed by atoms with Crippen LogP contribution in [0.5, 0.6) is 5.75 Å². The van der Waals surface area contributed by atoms with Crippen LogP contribution < -0.4 is 4.74 Å². The van der Waals surface area contributed by atoms with Gasteiger partial charge in [0, 0.05) is 18.7 Å². The van der Waals surface area contributed by atoms with E-state index in [0.29, 0.717) is 12.3 Å². The van der Waals surface area contributed by atoms with Gasteiger partial charge in [-0.05, 0) is 30.5 Å². The van der Waals surface area contributed by atoms with E-state index in [1.165, 1.54) is 0 Å². The summed E-state index contributed by atoms with van der Waals surface area (Å²) in [5.41, 5.74) is 2.41. The number of carbonyl (C=O) groups is 1. The summed E-state index contributed by atoms with van der Waals surface area (Å²) in [5.74, 6) is 1.59. The van der Waals surface area contributed by atoms with Crippen LogP contribution in [0.15, 0.2) is 65.2 Å². The van der Waals surface area contributed by atoms with Gasteiger partial charge in [0.05, 0.1) is 19.1 Å². The first-order chi connectivity index (χ1) is 13.1. The van der Waals surface area contributed by atoms with Crippen molar-refractivity contribution in [3.8, 4) is 17.0 Å². The largest absolute Gasteiger partial charge is 0.497 e. The number of carbonyl (C=O) groups excluding carboxylic acids is 1. The minimum Gasteiger partial charge on any atom is -0.497 e. The number of amides is 1. The highest BCUT2D eigenvalue weighted by Gasteiger charge is 2.52. The van der Waals surface area contributed by atoms with Crippen LogP contribution in [0, 0.1) is 0 Å². The molecule has 1 fully saturated rings. The van der Waals surface area contributed by atoms with Gasteiger partial charge in [-0.15, -0.1) is 0 Å². The molecule has 1 amide bonds. The average Bonchev–Trinajstić information content (AvgIpc) is 3.40. The van der Waals surface area contributed by atoms with E-state index in [1.807, 2.05) is 67.7 Å². The van der Waals surface area contributed by atoms with Crippen LogP contribution in [-0.4, -0.2) is 30.1 Å². The highest BCUT2D eigenvalue weighted by Crippen LogP contribution is 2.49. The first-order valence-corrected chi connectivity index (χ1v) is 9.03. The summed E-state index contributed by atoms with van der Waals surface area (Å²) in [7, 11) is 3.46. The molecule has 0 bridgehead atoms. The monoisotopic (exact) mass is 362 g/mol. The van der Waals surface area contributed by atoms with E-state index in [-0.39, 0.29) is 5.91 Å². The topological polar surface area (TPSA) is 55.6 Å². The highest BCUT2D eigenvalue weighted by atomic mass is 16.5. The maximum Gasteiger partial charge on any atom is 0.233 e. The number of nitrogens with zero attached hydrogens (tertiary/aromatic N) is 2. The highest BCUT2D eigenvalue weighted by molar-refractivity contribution is 5.91. The Balaban J connectivity index is 1.47. The van der Waals surface area contributed by atoms with Gasteiger partial charge in [-0.2, -0.15) is 0 Å². The molecule has 1 saturated carbocycles. The zero-order valence-corrected chi connectivity index (χ0v) is 15.5. The summed E-state index contributed by atoms with van der Waals surface area (Å²) >= 11 is 0. The summed E-state index contributed by atoms with van der Waals surface area (Å²) in [5, 5.41) is 4.13. The Kier molecular flexibility index (Phi) is 4.44. The van der Waals surface area contributed by atoms with Crippen LogP contribution in [0.4, 0.5) is 0 Å². The van der Waals surface area contributed by atoms with E-state index in [9.17, 15) is 4.79 Å². The van der Waals surface area contributed by atoms with Crippen molar-refractivity contribution < 1.29 is 14.1 Å². The molecule has 1 aromatic heterocycles. The number of likely N-dealkylation sites (N-methyl/N-ethyl adjacent to an activating group) is 1. The summed E-state index contributed by atoms with van der Waals surface area (Å²) in [6, 6.07) is 19.5. The molecule has 5 nitrogen and oxygen atoms in total. The second-order valence-electron chi connectivity index (χ2n) is 7.02. The van der Waals surface area contributed by atoms with E-state index in [2.05, 4.69) is 5.16 Å². The fourth-order valence-electron chi connectivity index (χ4n) is 3.46. The molecule has 0 unspecified atom stereocenters. The molecule has 138 valence electrons. The average molecular weight is 362 g/mol. The fourth-order valence-corrected chi connectivity index (χ4v) is 3.46. The maximum atomic E-state index is 13.1. The van der Waals surface area contributed by atoms with Gasteiger partial charge in [0.1, 0.15) is 11.4 Å². The van der Waals surface area contributed by atoms with E-state index in [0.717, 1.165) is 35.4 Å². The van der Waals surface area contributed by atoms with Crippen LogP contribution in [-0.2, 0) is 16.8 Å². The lowest BCUT2D eigenvalue weighted by Gasteiger charge is -2.23. The molecule has 27 heavy (non-hydrogen) atoms. The Morgan fingerprint density at radius 3 is 2.48 bits per heavy atom. The number of methoxy groups -OCH3 is 1. The van der Waals surface area contributed by atoms with Crippen molar-refractivity contribution in [2.24, 2.45) is 0 Å². The Hall–Kier alpha value is -3.08. The molecule has 1 aliphatic rings. The molecule has 0 N–H and O–H groups in total. The van der Waals surface area contributed by atoms with Gasteiger partial charge in [-0.1, -0.05) is 47.6 Å². The van der Waals surface area contributed by atoms with E-state index in [4.69, 9.17) is 9.26 Å². The molecule has 2 aromatic carbocycles. The number of benzene rings is 2. The normalized spacial score (nSPS) is 14.6. The SMILES string of the molecule is COc1ccc(C2(C(=O)N(C)Cc3cc(-c4ccccc4)no3)CC2)cc1. The quantitative estimate of drug-likeness (QED) is 0.664. The van der Waals surface area contributed by atoms with Crippen molar-refractivity contribution in [1.82, 2.24) is 10.1 Å². The minimum atomic E-state index is -0.413. The number of ether oxygens (including phenoxy) is 1. The predicted molar refractivity (Wildman–Crippen MR) is 102 cm³/mol. The molecule has 0 saturated heterocycles. The van der Waals surface area contributed by atoms with Gasteiger partial charge < -0.3 is 14.2 Å². The van der Waals surface area contributed by atoms with Gasteiger partial charge in [-0.25, -0.2) is 0 Å². The minimum absolute atomic E-state index is 0.116. The van der Waals surface area contributed by atoms with Crippen LogP contribution in [0.3, 0.4) is 0 Å². The zero-order valence-electron chi connectivity index (χ0n) is 15.5. The standard InChI is InChI=1S/C22H22N2O3/c1-24(15-19-14-20(23-27-19)16-6-4-3-5-7-16)21(25)22(12-13-22)17-8-10-18(26-2)11-9-17/h3-11,14H,12-13,15H2,1-2H3. The summed E-state index contributed by atoms with van der Waals surface area (Å²) < 4.78 is 10.7. The summed E-state index contributed by atoms with van der Waals surface area (Å²) in [6.07, 6.45) is 1.74. The van der Waals surface area contributed by atoms with Crippen molar-refractivity contribution >= 4 is 5.91 Å². The number of aromatic nitrogens is 1. The van der Waals surface area contributed by atoms with E-state index < -0.39 is 5.41 Å². The second kappa shape index (κ2) is 6.91. The fraction of sp³-hybridized carbons (Fsp3) is 0.273. The van der Waals surface area contributed by atoms with Crippen LogP contribution in [0.2, 0.25) is 0 Å². The zero-order chi connectivity index (χ0) is 18.9. The predicted octanol–water partition coefficient (Wildman–Crippen LogP) is 4.04. The molecule has 0 radical (unpaired) electrons. The van der Waals surface area contributed by atoms with Gasteiger partial charge in [0.25, 0.3) is 0 Å². The maximum absolute atomic E-state index is 13.1. The van der Waals surface area contributed by atoms with Gasteiger partial charge >= 0.3 is 0 Å². The Labute approximate surface area is 158 Å². The molecule has 5 heteroatoms. The van der Waals surface area contributed by atoms with Crippen LogP contribution in [0.25, 0.3) is 11.3 Å². The van der Waals surface area contributed by atoms with Crippen LogP contribution >= 0.6 is 0 Å². The lowest BCUT2D eigenvalue weighted by molar-refractivity contribution is -0.133. The third kappa shape index (κ3) is 3.33. The molecule has 1 heterocycles. The van der Waals surface area contributed by atoms with E-state index in [1.54, 1.807) is 12.0 Å². The van der Waals surface area contributed by atoms with Gasteiger partial charge in [0.2, 0.25) is 5.91 Å². The number of hydrogen-bond donors (Lipinski definition) is 0. The summed E-state index contributed by atoms with van der Waals surface area (Å²) in [4.78, 5) is 14.8. The van der Waals surface area contributed by atoms with Crippen molar-refractivity contribution in [1.29, 1.82) is 0 Å². The smallest absolute Gasteiger partial charge is 0.233 e. The first kappa shape index (κ1) is 17.3. The van der Waals surface area contributed by atoms with Crippen molar-refractivity contribution in [3.63, 3.8) is 0 Å². The third-order valence-corrected chi connectivity index (χ3v) is 5.17. The van der Waals surface area contributed by atoms with E-state index >= 15 is 0 Å². The molecule has 0 spiro atoms. The van der Waals surface area contributed by atoms with Crippen molar-refractivity contribution in [2.45, 2.75) is 24.8 Å². The summed E-state index contributed by atoms with van der Waals surface area (Å²) in [6.45, 7) is 0.399. The molecule has 3 aromatic rings. The number of hydrogen-bond acceptors (Lipinski definition) is 4. The van der Waals surface area contributed by atoms with Crippen LogP contribution in [0.1, 0.15) is 24.2 Å². The first-order valence-electron chi connectivity index (χ1n) is 9.03. The Bertz CT molecular complexity index is 928. The van der Waals surface area contributed by atoms with Gasteiger partial charge in [0.15, 0.2) is 5.76 Å². The second-order valence-corrected chi connectivity index (χ2v) is 7.02. The lowest BCUT2D eigenvalue weighted by Crippen LogP contribution is -2.36. The Morgan fingerprint density at radius 2 is 1.85 bits per heavy atom. The van der Waals surface area contributed by atoms with Gasteiger partial charge in [-0.3, -0.25) is 4.79 Å². The molecular formula is C22H22N2O3. The van der Waals surface area contributed by atoms with Crippen molar-refractivity contribution in [2.75, 3.05) is 14.2 Å². The van der Waals surface area contributed by atoms with Crippen molar-refractivity contribution in [3.05, 3.63) is 72.0 Å². The third-order valence-electron chi connectivity index (χ3n) is 5.17. The lowest BCUT2D eigenvalue weighted by atomic mass is 9.94.